The first-order valence-electron chi connectivity index (χ1n) is 3.78. The molecule has 0 N–H and O–H groups in total. The number of rotatable bonds is 1. The molecule has 1 aromatic rings. The average molecular weight is 254 g/mol. The molecule has 0 radical (unpaired) electrons. The number of hydrogen-bond donors (Lipinski definition) is 0. The van der Waals surface area contributed by atoms with Gasteiger partial charge in [0.1, 0.15) is 0 Å². The molecular formula is C9H4Cl2F3N. The van der Waals surface area contributed by atoms with Crippen LogP contribution >= 0.6 is 23.2 Å². The van der Waals surface area contributed by atoms with Crippen LogP contribution in [0.1, 0.15) is 11.1 Å². The molecule has 0 spiro atoms. The van der Waals surface area contributed by atoms with Crippen molar-refractivity contribution in [3.63, 3.8) is 0 Å². The maximum Gasteiger partial charge on any atom is 0.417 e. The van der Waals surface area contributed by atoms with E-state index >= 15 is 0 Å². The fraction of sp³-hybridized carbons (Fsp3) is 0.222. The third kappa shape index (κ3) is 2.77. The van der Waals surface area contributed by atoms with E-state index in [1.165, 1.54) is 0 Å². The highest BCUT2D eigenvalue weighted by molar-refractivity contribution is 6.35. The van der Waals surface area contributed by atoms with Gasteiger partial charge >= 0.3 is 6.18 Å². The Labute approximate surface area is 94.0 Å². The lowest BCUT2D eigenvalue weighted by atomic mass is 10.1. The fourth-order valence-corrected chi connectivity index (χ4v) is 1.59. The van der Waals surface area contributed by atoms with Crippen molar-refractivity contribution in [2.75, 3.05) is 0 Å². The lowest BCUT2D eigenvalue weighted by Crippen LogP contribution is -2.06. The monoisotopic (exact) mass is 253 g/mol. The summed E-state index contributed by atoms with van der Waals surface area (Å²) in [5.41, 5.74) is -0.852. The van der Waals surface area contributed by atoms with Gasteiger partial charge in [-0.05, 0) is 17.7 Å². The van der Waals surface area contributed by atoms with Crippen LogP contribution in [0.3, 0.4) is 0 Å². The van der Waals surface area contributed by atoms with Crippen LogP contribution in [0.5, 0.6) is 0 Å². The zero-order chi connectivity index (χ0) is 11.6. The summed E-state index contributed by atoms with van der Waals surface area (Å²) < 4.78 is 37.2. The molecule has 0 aromatic heterocycles. The SMILES string of the molecule is N#CCc1cc(C(F)(F)F)c(Cl)cc1Cl. The largest absolute Gasteiger partial charge is 0.417 e. The van der Waals surface area contributed by atoms with Crippen LogP contribution < -0.4 is 0 Å². The van der Waals surface area contributed by atoms with Crippen LogP contribution in [0.15, 0.2) is 12.1 Å². The number of hydrogen-bond acceptors (Lipinski definition) is 1. The minimum Gasteiger partial charge on any atom is -0.198 e. The molecule has 0 amide bonds. The average Bonchev–Trinajstić information content (AvgIpc) is 2.07. The predicted octanol–water partition coefficient (Wildman–Crippen LogP) is 4.08. The van der Waals surface area contributed by atoms with Crippen molar-refractivity contribution in [3.8, 4) is 6.07 Å². The molecule has 80 valence electrons. The first-order chi connectivity index (χ1) is 6.86. The Balaban J connectivity index is 3.31. The first kappa shape index (κ1) is 12.2. The lowest BCUT2D eigenvalue weighted by molar-refractivity contribution is -0.137. The molecule has 1 aromatic carbocycles. The molecule has 0 fully saturated rings. The number of nitriles is 1. The summed E-state index contributed by atoms with van der Waals surface area (Å²) in [5, 5.41) is 7.98. The van der Waals surface area contributed by atoms with Crippen molar-refractivity contribution >= 4 is 23.2 Å². The summed E-state index contributed by atoms with van der Waals surface area (Å²) in [7, 11) is 0. The molecule has 0 unspecified atom stereocenters. The molecule has 0 aliphatic carbocycles. The first-order valence-corrected chi connectivity index (χ1v) is 4.54. The summed E-state index contributed by atoms with van der Waals surface area (Å²) in [6, 6.07) is 3.53. The molecular weight excluding hydrogens is 250 g/mol. The standard InChI is InChI=1S/C9H4Cl2F3N/c10-7-4-8(11)6(9(12,13)14)3-5(7)1-2-15/h3-4H,1H2. The van der Waals surface area contributed by atoms with Crippen LogP contribution in [0.25, 0.3) is 0 Å². The smallest absolute Gasteiger partial charge is 0.198 e. The van der Waals surface area contributed by atoms with Gasteiger partial charge in [0, 0.05) is 5.02 Å². The minimum atomic E-state index is -4.54. The van der Waals surface area contributed by atoms with Gasteiger partial charge in [0.15, 0.2) is 0 Å². The van der Waals surface area contributed by atoms with Gasteiger partial charge in [-0.1, -0.05) is 23.2 Å². The number of alkyl halides is 3. The highest BCUT2D eigenvalue weighted by Crippen LogP contribution is 2.37. The zero-order valence-electron chi connectivity index (χ0n) is 7.20. The van der Waals surface area contributed by atoms with Gasteiger partial charge in [0.05, 0.1) is 23.1 Å². The predicted molar refractivity (Wildman–Crippen MR) is 50.8 cm³/mol. The van der Waals surface area contributed by atoms with E-state index in [0.29, 0.717) is 0 Å². The summed E-state index contributed by atoms with van der Waals surface area (Å²) >= 11 is 11.0. The molecule has 6 heteroatoms. The quantitative estimate of drug-likeness (QED) is 0.740. The number of nitrogens with zero attached hydrogens (tertiary/aromatic N) is 1. The van der Waals surface area contributed by atoms with Gasteiger partial charge in [-0.2, -0.15) is 18.4 Å². The highest BCUT2D eigenvalue weighted by atomic mass is 35.5. The van der Waals surface area contributed by atoms with Gasteiger partial charge in [0.25, 0.3) is 0 Å². The van der Waals surface area contributed by atoms with Crippen LogP contribution in [0, 0.1) is 11.3 Å². The van der Waals surface area contributed by atoms with Gasteiger partial charge in [-0.25, -0.2) is 0 Å². The minimum absolute atomic E-state index is 0.0644. The Hall–Kier alpha value is -0.920. The van der Waals surface area contributed by atoms with Crippen LogP contribution in [-0.4, -0.2) is 0 Å². The molecule has 15 heavy (non-hydrogen) atoms. The Morgan fingerprint density at radius 3 is 2.27 bits per heavy atom. The molecule has 0 atom stereocenters. The number of halogens is 5. The Bertz CT molecular complexity index is 421. The van der Waals surface area contributed by atoms with Crippen molar-refractivity contribution in [1.29, 1.82) is 5.26 Å². The van der Waals surface area contributed by atoms with E-state index < -0.39 is 16.8 Å². The van der Waals surface area contributed by atoms with Gasteiger partial charge in [-0.3, -0.25) is 0 Å². The van der Waals surface area contributed by atoms with Crippen molar-refractivity contribution in [1.82, 2.24) is 0 Å². The van der Waals surface area contributed by atoms with Gasteiger partial charge < -0.3 is 0 Å². The molecule has 0 saturated heterocycles. The molecule has 1 rings (SSSR count). The zero-order valence-corrected chi connectivity index (χ0v) is 8.71. The van der Waals surface area contributed by atoms with Crippen LogP contribution in [0.4, 0.5) is 13.2 Å². The topological polar surface area (TPSA) is 23.8 Å². The van der Waals surface area contributed by atoms with E-state index in [2.05, 4.69) is 0 Å². The molecule has 0 saturated carbocycles. The highest BCUT2D eigenvalue weighted by Gasteiger charge is 2.33. The van der Waals surface area contributed by atoms with Crippen molar-refractivity contribution in [2.45, 2.75) is 12.6 Å². The van der Waals surface area contributed by atoms with E-state index in [-0.39, 0.29) is 17.0 Å². The van der Waals surface area contributed by atoms with Crippen molar-refractivity contribution < 1.29 is 13.2 Å². The van der Waals surface area contributed by atoms with Crippen LogP contribution in [0.2, 0.25) is 10.0 Å². The Morgan fingerprint density at radius 2 is 1.80 bits per heavy atom. The van der Waals surface area contributed by atoms with Crippen molar-refractivity contribution in [2.24, 2.45) is 0 Å². The summed E-state index contributed by atoms with van der Waals surface area (Å²) in [5.74, 6) is 0. The Kier molecular flexibility index (Phi) is 3.48. The molecule has 0 heterocycles. The maximum atomic E-state index is 12.4. The second kappa shape index (κ2) is 4.30. The van der Waals surface area contributed by atoms with E-state index in [0.717, 1.165) is 12.1 Å². The summed E-state index contributed by atoms with van der Waals surface area (Å²) in [6.45, 7) is 0. The Morgan fingerprint density at radius 1 is 1.20 bits per heavy atom. The lowest BCUT2D eigenvalue weighted by Gasteiger charge is -2.11. The van der Waals surface area contributed by atoms with E-state index in [9.17, 15) is 13.2 Å². The third-order valence-corrected chi connectivity index (χ3v) is 2.38. The van der Waals surface area contributed by atoms with E-state index in [1.54, 1.807) is 6.07 Å². The molecule has 0 aliphatic rings. The van der Waals surface area contributed by atoms with Gasteiger partial charge in [0.2, 0.25) is 0 Å². The maximum absolute atomic E-state index is 12.4. The van der Waals surface area contributed by atoms with E-state index in [4.69, 9.17) is 28.5 Å². The third-order valence-electron chi connectivity index (χ3n) is 1.71. The second-order valence-corrected chi connectivity index (χ2v) is 3.57. The normalized spacial score (nSPS) is 11.2. The van der Waals surface area contributed by atoms with E-state index in [1.807, 2.05) is 0 Å². The summed E-state index contributed by atoms with van der Waals surface area (Å²) in [6.07, 6.45) is -4.72. The second-order valence-electron chi connectivity index (χ2n) is 2.76. The van der Waals surface area contributed by atoms with Crippen molar-refractivity contribution in [3.05, 3.63) is 33.3 Å². The van der Waals surface area contributed by atoms with Gasteiger partial charge in [-0.15, -0.1) is 0 Å². The molecule has 0 bridgehead atoms. The fourth-order valence-electron chi connectivity index (χ4n) is 1.03. The summed E-state index contributed by atoms with van der Waals surface area (Å²) in [4.78, 5) is 0. The van der Waals surface area contributed by atoms with Crippen LogP contribution in [-0.2, 0) is 12.6 Å². The number of benzene rings is 1. The molecule has 0 aliphatic heterocycles. The molecule has 1 nitrogen and oxygen atoms in total.